The van der Waals surface area contributed by atoms with Gasteiger partial charge in [0.05, 0.1) is 12.2 Å². The predicted molar refractivity (Wildman–Crippen MR) is 183 cm³/mol. The Balaban J connectivity index is 0.000000182. The molecule has 0 atom stereocenters. The summed E-state index contributed by atoms with van der Waals surface area (Å²) < 4.78 is 13.0. The van der Waals surface area contributed by atoms with Gasteiger partial charge in [-0.05, 0) is 80.4 Å². The number of hydrogen-bond donors (Lipinski definition) is 2. The zero-order valence-electron chi connectivity index (χ0n) is 26.6. The maximum absolute atomic E-state index is 8.91. The Labute approximate surface area is 270 Å². The van der Waals surface area contributed by atoms with Crippen LogP contribution in [0.4, 0.5) is 0 Å². The van der Waals surface area contributed by atoms with Gasteiger partial charge in [-0.25, -0.2) is 0 Å². The highest BCUT2D eigenvalue weighted by molar-refractivity contribution is 5.31. The zero-order chi connectivity index (χ0) is 30.9. The third kappa shape index (κ3) is 10.6. The first kappa shape index (κ1) is 33.1. The molecule has 5 heteroatoms. The molecule has 0 radical (unpaired) electrons. The van der Waals surface area contributed by atoms with E-state index in [0.717, 1.165) is 71.2 Å². The normalized spacial score (nSPS) is 16.4. The second kappa shape index (κ2) is 18.6. The third-order valence-electron chi connectivity index (χ3n) is 8.77. The molecule has 0 unspecified atom stereocenters. The van der Waals surface area contributed by atoms with E-state index < -0.39 is 0 Å². The number of piperidine rings is 2. The maximum Gasteiger partial charge on any atom is 0.108 e. The van der Waals surface area contributed by atoms with Crippen molar-refractivity contribution < 1.29 is 14.6 Å². The highest BCUT2D eigenvalue weighted by Gasteiger charge is 2.25. The third-order valence-corrected chi connectivity index (χ3v) is 8.77. The molecule has 6 rings (SSSR count). The second-order valence-corrected chi connectivity index (χ2v) is 12.1. The fraction of sp³-hybridized carbons (Fsp3) is 0.400. The van der Waals surface area contributed by atoms with E-state index in [9.17, 15) is 0 Å². The van der Waals surface area contributed by atoms with Gasteiger partial charge in [-0.1, -0.05) is 121 Å². The smallest absolute Gasteiger partial charge is 0.108 e. The van der Waals surface area contributed by atoms with E-state index in [1.807, 2.05) is 0 Å². The van der Waals surface area contributed by atoms with E-state index in [1.165, 1.54) is 22.3 Å². The van der Waals surface area contributed by atoms with Crippen molar-refractivity contribution in [3.8, 4) is 0 Å². The number of benzene rings is 4. The average Bonchev–Trinajstić information content (AvgIpc) is 3.12. The molecule has 0 bridgehead atoms. The number of nitrogens with zero attached hydrogens (tertiary/aromatic N) is 1. The minimum absolute atomic E-state index is 0.00772. The van der Waals surface area contributed by atoms with Crippen molar-refractivity contribution >= 4 is 0 Å². The predicted octanol–water partition coefficient (Wildman–Crippen LogP) is 7.57. The van der Waals surface area contributed by atoms with Crippen molar-refractivity contribution in [2.45, 2.75) is 62.9 Å². The van der Waals surface area contributed by atoms with Crippen LogP contribution in [0.2, 0.25) is 0 Å². The maximum atomic E-state index is 8.91. The molecule has 0 aliphatic carbocycles. The first-order chi connectivity index (χ1) is 22.3. The molecule has 2 saturated heterocycles. The monoisotopic (exact) mass is 606 g/mol. The van der Waals surface area contributed by atoms with Crippen molar-refractivity contribution in [2.75, 3.05) is 39.3 Å². The summed E-state index contributed by atoms with van der Waals surface area (Å²) in [6.45, 7) is 5.68. The lowest BCUT2D eigenvalue weighted by Crippen LogP contribution is -2.38. The number of nitrogens with one attached hydrogen (secondary N) is 1. The molecule has 238 valence electrons. The number of ether oxygens (including phenoxy) is 2. The van der Waals surface area contributed by atoms with Crippen LogP contribution in [0.5, 0.6) is 0 Å². The standard InChI is InChI=1S/C22H29NO2.C18H21NO/c24-18-8-7-15-23-16-13-21(14-17-23)25-22(19-9-3-1-4-10-19)20-11-5-2-6-12-20;1-3-7-15(8-4-1)18(16-9-5-2-6-10-16)20-17-11-13-19-14-12-17/h1-6,9-12,21-22,24H,7-8,13-18H2;1-10,17-19H,11-14H2. The summed E-state index contributed by atoms with van der Waals surface area (Å²) >= 11 is 0. The summed E-state index contributed by atoms with van der Waals surface area (Å²) in [4.78, 5) is 2.50. The molecule has 0 spiro atoms. The topological polar surface area (TPSA) is 54.0 Å². The Hall–Kier alpha value is -3.32. The highest BCUT2D eigenvalue weighted by Crippen LogP contribution is 2.31. The Morgan fingerprint density at radius 2 is 0.933 bits per heavy atom. The summed E-state index contributed by atoms with van der Waals surface area (Å²) in [6.07, 6.45) is 7.03. The van der Waals surface area contributed by atoms with Crippen LogP contribution in [0.25, 0.3) is 0 Å². The zero-order valence-corrected chi connectivity index (χ0v) is 26.6. The molecule has 4 aromatic rings. The Bertz CT molecular complexity index is 1230. The number of rotatable bonds is 12. The van der Waals surface area contributed by atoms with Crippen molar-refractivity contribution in [3.63, 3.8) is 0 Å². The van der Waals surface area contributed by atoms with E-state index in [-0.39, 0.29) is 12.2 Å². The highest BCUT2D eigenvalue weighted by atomic mass is 16.5. The summed E-state index contributed by atoms with van der Waals surface area (Å²) in [5.74, 6) is 0. The van der Waals surface area contributed by atoms with Crippen LogP contribution in [0.1, 0.15) is 73.0 Å². The molecule has 2 aliphatic heterocycles. The van der Waals surface area contributed by atoms with Gasteiger partial charge in [0.1, 0.15) is 12.2 Å². The van der Waals surface area contributed by atoms with Gasteiger partial charge in [0, 0.05) is 19.7 Å². The molecule has 2 N–H and O–H groups in total. The summed E-state index contributed by atoms with van der Waals surface area (Å²) in [7, 11) is 0. The van der Waals surface area contributed by atoms with Crippen LogP contribution < -0.4 is 5.32 Å². The van der Waals surface area contributed by atoms with Crippen LogP contribution in [0, 0.1) is 0 Å². The minimum atomic E-state index is 0.00772. The van der Waals surface area contributed by atoms with Gasteiger partial charge in [0.2, 0.25) is 0 Å². The molecule has 4 aromatic carbocycles. The fourth-order valence-electron chi connectivity index (χ4n) is 6.24. The molecular weight excluding hydrogens is 556 g/mol. The van der Waals surface area contributed by atoms with Crippen molar-refractivity contribution in [3.05, 3.63) is 144 Å². The van der Waals surface area contributed by atoms with E-state index in [0.29, 0.717) is 18.8 Å². The molecule has 0 saturated carbocycles. The quantitative estimate of drug-likeness (QED) is 0.163. The van der Waals surface area contributed by atoms with Gasteiger partial charge >= 0.3 is 0 Å². The second-order valence-electron chi connectivity index (χ2n) is 12.1. The van der Waals surface area contributed by atoms with Gasteiger partial charge in [-0.3, -0.25) is 0 Å². The van der Waals surface area contributed by atoms with Gasteiger partial charge in [0.15, 0.2) is 0 Å². The summed E-state index contributed by atoms with van der Waals surface area (Å²) in [5.41, 5.74) is 4.91. The number of unbranched alkanes of at least 4 members (excludes halogenated alkanes) is 1. The molecule has 5 nitrogen and oxygen atoms in total. The van der Waals surface area contributed by atoms with Crippen LogP contribution in [0.3, 0.4) is 0 Å². The van der Waals surface area contributed by atoms with E-state index >= 15 is 0 Å². The first-order valence-electron chi connectivity index (χ1n) is 16.8. The molecule has 45 heavy (non-hydrogen) atoms. The van der Waals surface area contributed by atoms with Crippen molar-refractivity contribution in [1.82, 2.24) is 10.2 Å². The molecule has 2 heterocycles. The van der Waals surface area contributed by atoms with Gasteiger partial charge in [-0.2, -0.15) is 0 Å². The number of likely N-dealkylation sites (tertiary alicyclic amines) is 1. The first-order valence-corrected chi connectivity index (χ1v) is 16.8. The van der Waals surface area contributed by atoms with Gasteiger partial charge < -0.3 is 24.8 Å². The van der Waals surface area contributed by atoms with E-state index in [1.54, 1.807) is 0 Å². The van der Waals surface area contributed by atoms with Crippen LogP contribution in [-0.4, -0.2) is 61.5 Å². The lowest BCUT2D eigenvalue weighted by molar-refractivity contribution is -0.0271. The van der Waals surface area contributed by atoms with Crippen molar-refractivity contribution in [1.29, 1.82) is 0 Å². The number of aliphatic hydroxyl groups excluding tert-OH is 1. The molecule has 0 aromatic heterocycles. The Morgan fingerprint density at radius 1 is 0.556 bits per heavy atom. The van der Waals surface area contributed by atoms with E-state index in [4.69, 9.17) is 14.6 Å². The van der Waals surface area contributed by atoms with Gasteiger partial charge in [-0.15, -0.1) is 0 Å². The minimum Gasteiger partial charge on any atom is -0.396 e. The number of hydrogen-bond acceptors (Lipinski definition) is 5. The summed E-state index contributed by atoms with van der Waals surface area (Å²) in [6, 6.07) is 42.1. The van der Waals surface area contributed by atoms with Crippen LogP contribution in [-0.2, 0) is 9.47 Å². The summed E-state index contributed by atoms with van der Waals surface area (Å²) in [5, 5.41) is 12.3. The lowest BCUT2D eigenvalue weighted by Gasteiger charge is -2.34. The molecule has 2 aliphatic rings. The van der Waals surface area contributed by atoms with Gasteiger partial charge in [0.25, 0.3) is 0 Å². The lowest BCUT2D eigenvalue weighted by atomic mass is 10.00. The van der Waals surface area contributed by atoms with Crippen LogP contribution >= 0.6 is 0 Å². The molecule has 2 fully saturated rings. The Morgan fingerprint density at radius 3 is 1.31 bits per heavy atom. The fourth-order valence-corrected chi connectivity index (χ4v) is 6.24. The average molecular weight is 607 g/mol. The largest absolute Gasteiger partial charge is 0.396 e. The number of aliphatic hydroxyl groups is 1. The SMILES string of the molecule is OCCCCN1CCC(OC(c2ccccc2)c2ccccc2)CC1.c1ccc(C(OC2CCNCC2)c2ccccc2)cc1. The Kier molecular flexibility index (Phi) is 13.7. The van der Waals surface area contributed by atoms with E-state index in [2.05, 4.69) is 132 Å². The molecular formula is C40H50N2O3. The van der Waals surface area contributed by atoms with Crippen LogP contribution in [0.15, 0.2) is 121 Å². The molecule has 0 amide bonds. The van der Waals surface area contributed by atoms with Crippen molar-refractivity contribution in [2.24, 2.45) is 0 Å².